The Hall–Kier alpha value is -2.02. The van der Waals surface area contributed by atoms with Crippen LogP contribution in [-0.4, -0.2) is 5.11 Å². The number of rotatable bonds is 16. The Morgan fingerprint density at radius 3 is 1.77 bits per heavy atom. The highest BCUT2D eigenvalue weighted by atomic mass is 16.3. The fourth-order valence-electron chi connectivity index (χ4n) is 3.98. The van der Waals surface area contributed by atoms with Crippen LogP contribution in [0.15, 0.2) is 48.5 Å². The number of benzene rings is 2. The molecule has 0 aromatic heterocycles. The van der Waals surface area contributed by atoms with E-state index in [0.717, 1.165) is 17.5 Å². The van der Waals surface area contributed by atoms with Crippen LogP contribution in [0.5, 0.6) is 5.75 Å². The molecule has 0 radical (unpaired) electrons. The summed E-state index contributed by atoms with van der Waals surface area (Å²) in [5.74, 6) is 0.384. The summed E-state index contributed by atoms with van der Waals surface area (Å²) < 4.78 is 0. The van der Waals surface area contributed by atoms with Crippen molar-refractivity contribution in [3.63, 3.8) is 0 Å². The molecule has 1 heteroatoms. The molecule has 0 unspecified atom stereocenters. The number of aryl methyl sites for hydroxylation is 1. The largest absolute Gasteiger partial charge is 0.507 e. The van der Waals surface area contributed by atoms with Crippen LogP contribution in [0.1, 0.15) is 107 Å². The molecule has 0 aliphatic carbocycles. The molecular weight excluding hydrogens is 364 g/mol. The lowest BCUT2D eigenvalue weighted by atomic mass is 10.0. The number of phenols is 1. The second-order valence-corrected chi connectivity index (χ2v) is 8.63. The average molecular weight is 407 g/mol. The number of phenolic OH excluding ortho intramolecular Hbond substituents is 1. The molecule has 0 saturated carbocycles. The van der Waals surface area contributed by atoms with Crippen molar-refractivity contribution >= 4 is 12.2 Å². The minimum atomic E-state index is 0.384. The molecule has 0 aliphatic rings. The van der Waals surface area contributed by atoms with Crippen molar-refractivity contribution in [2.45, 2.75) is 96.8 Å². The van der Waals surface area contributed by atoms with Crippen molar-refractivity contribution in [2.24, 2.45) is 0 Å². The van der Waals surface area contributed by atoms with Gasteiger partial charge in [-0.1, -0.05) is 139 Å². The van der Waals surface area contributed by atoms with E-state index in [1.165, 1.54) is 89.0 Å². The fraction of sp³-hybridized carbons (Fsp3) is 0.517. The lowest BCUT2D eigenvalue weighted by molar-refractivity contribution is 0.473. The number of hydrogen-bond donors (Lipinski definition) is 1. The third-order valence-corrected chi connectivity index (χ3v) is 5.92. The zero-order chi connectivity index (χ0) is 21.3. The Kier molecular flexibility index (Phi) is 12.7. The predicted molar refractivity (Wildman–Crippen MR) is 133 cm³/mol. The predicted octanol–water partition coefficient (Wildman–Crippen LogP) is 9.20. The van der Waals surface area contributed by atoms with E-state index in [4.69, 9.17) is 0 Å². The van der Waals surface area contributed by atoms with E-state index < -0.39 is 0 Å². The molecule has 0 heterocycles. The van der Waals surface area contributed by atoms with Gasteiger partial charge in [0.05, 0.1) is 0 Å². The summed E-state index contributed by atoms with van der Waals surface area (Å²) in [6.07, 6.45) is 23.1. The third-order valence-electron chi connectivity index (χ3n) is 5.92. The van der Waals surface area contributed by atoms with Crippen LogP contribution in [0.2, 0.25) is 0 Å². The highest BCUT2D eigenvalue weighted by Gasteiger charge is 2.01. The number of unbranched alkanes of at least 4 members (excludes halogenated alkanes) is 12. The van der Waals surface area contributed by atoms with Crippen LogP contribution >= 0.6 is 0 Å². The molecule has 0 aliphatic heterocycles. The van der Waals surface area contributed by atoms with E-state index in [2.05, 4.69) is 25.1 Å². The van der Waals surface area contributed by atoms with Crippen LogP contribution < -0.4 is 0 Å². The van der Waals surface area contributed by atoms with Crippen molar-refractivity contribution in [3.05, 3.63) is 65.2 Å². The van der Waals surface area contributed by atoms with Gasteiger partial charge in [0.2, 0.25) is 0 Å². The molecule has 30 heavy (non-hydrogen) atoms. The first kappa shape index (κ1) is 24.3. The minimum Gasteiger partial charge on any atom is -0.507 e. The molecule has 2 aromatic rings. The van der Waals surface area contributed by atoms with Gasteiger partial charge >= 0.3 is 0 Å². The molecule has 0 atom stereocenters. The first-order valence-corrected chi connectivity index (χ1v) is 12.3. The van der Waals surface area contributed by atoms with E-state index in [0.29, 0.717) is 5.75 Å². The highest BCUT2D eigenvalue weighted by Crippen LogP contribution is 2.23. The molecule has 0 amide bonds. The fourth-order valence-corrected chi connectivity index (χ4v) is 3.98. The van der Waals surface area contributed by atoms with E-state index in [-0.39, 0.29) is 0 Å². The van der Waals surface area contributed by atoms with Crippen molar-refractivity contribution in [3.8, 4) is 5.75 Å². The lowest BCUT2D eigenvalue weighted by Crippen LogP contribution is -1.88. The van der Waals surface area contributed by atoms with Crippen molar-refractivity contribution < 1.29 is 5.11 Å². The second-order valence-electron chi connectivity index (χ2n) is 8.63. The summed E-state index contributed by atoms with van der Waals surface area (Å²) in [6, 6.07) is 16.3. The summed E-state index contributed by atoms with van der Waals surface area (Å²) in [6.45, 7) is 2.28. The normalized spacial score (nSPS) is 11.4. The summed E-state index contributed by atoms with van der Waals surface area (Å²) >= 11 is 0. The molecule has 0 fully saturated rings. The van der Waals surface area contributed by atoms with Crippen LogP contribution in [0.3, 0.4) is 0 Å². The van der Waals surface area contributed by atoms with Gasteiger partial charge in [0, 0.05) is 5.56 Å². The molecule has 0 bridgehead atoms. The Balaban J connectivity index is 1.52. The molecule has 164 valence electrons. The van der Waals surface area contributed by atoms with Gasteiger partial charge in [-0.15, -0.1) is 0 Å². The Morgan fingerprint density at radius 2 is 1.20 bits per heavy atom. The Morgan fingerprint density at radius 1 is 0.633 bits per heavy atom. The molecule has 2 aromatic carbocycles. The quantitative estimate of drug-likeness (QED) is 0.217. The molecule has 0 saturated heterocycles. The van der Waals surface area contributed by atoms with Gasteiger partial charge in [-0.05, 0) is 30.0 Å². The Bertz CT molecular complexity index is 702. The minimum absolute atomic E-state index is 0.384. The summed E-state index contributed by atoms with van der Waals surface area (Å²) in [5, 5.41) is 10.3. The maximum atomic E-state index is 10.3. The van der Waals surface area contributed by atoms with E-state index >= 15 is 0 Å². The van der Waals surface area contributed by atoms with Crippen LogP contribution in [0, 0.1) is 0 Å². The van der Waals surface area contributed by atoms with Gasteiger partial charge in [0.1, 0.15) is 5.75 Å². The van der Waals surface area contributed by atoms with Crippen molar-refractivity contribution in [1.29, 1.82) is 0 Å². The van der Waals surface area contributed by atoms with E-state index in [1.807, 2.05) is 42.5 Å². The third kappa shape index (κ3) is 10.7. The smallest absolute Gasteiger partial charge is 0.123 e. The van der Waals surface area contributed by atoms with Crippen LogP contribution in [-0.2, 0) is 6.42 Å². The van der Waals surface area contributed by atoms with E-state index in [1.54, 1.807) is 0 Å². The SMILES string of the molecule is CCCCCCCCCCCCCCCc1ccc(/C=C/c2ccccc2)c(O)c1. The summed E-state index contributed by atoms with van der Waals surface area (Å²) in [4.78, 5) is 0. The monoisotopic (exact) mass is 406 g/mol. The maximum absolute atomic E-state index is 10.3. The molecule has 1 nitrogen and oxygen atoms in total. The highest BCUT2D eigenvalue weighted by molar-refractivity contribution is 5.72. The van der Waals surface area contributed by atoms with Gasteiger partial charge in [-0.25, -0.2) is 0 Å². The average Bonchev–Trinajstić information content (AvgIpc) is 2.77. The van der Waals surface area contributed by atoms with Crippen molar-refractivity contribution in [2.75, 3.05) is 0 Å². The number of hydrogen-bond acceptors (Lipinski definition) is 1. The first-order valence-electron chi connectivity index (χ1n) is 12.3. The van der Waals surface area contributed by atoms with Crippen LogP contribution in [0.25, 0.3) is 12.2 Å². The van der Waals surface area contributed by atoms with Gasteiger partial charge in [-0.2, -0.15) is 0 Å². The first-order chi connectivity index (χ1) is 14.8. The topological polar surface area (TPSA) is 20.2 Å². The maximum Gasteiger partial charge on any atom is 0.123 e. The van der Waals surface area contributed by atoms with Gasteiger partial charge in [-0.3, -0.25) is 0 Å². The Labute approximate surface area is 185 Å². The standard InChI is InChI=1S/C29H42O/c1-2-3-4-5-6-7-8-9-10-11-12-13-15-20-27-22-24-28(29(30)25-27)23-21-26-18-16-14-17-19-26/h14,16-19,21-25,30H,2-13,15,20H2,1H3/b23-21+. The molecule has 2 rings (SSSR count). The van der Waals surface area contributed by atoms with Gasteiger partial charge in [0.15, 0.2) is 0 Å². The molecule has 1 N–H and O–H groups in total. The second kappa shape index (κ2) is 15.8. The zero-order valence-electron chi connectivity index (χ0n) is 19.1. The summed E-state index contributed by atoms with van der Waals surface area (Å²) in [5.41, 5.74) is 3.27. The van der Waals surface area contributed by atoms with Crippen molar-refractivity contribution in [1.82, 2.24) is 0 Å². The molecule has 0 spiro atoms. The zero-order valence-corrected chi connectivity index (χ0v) is 19.1. The van der Waals surface area contributed by atoms with E-state index in [9.17, 15) is 5.11 Å². The van der Waals surface area contributed by atoms with Crippen LogP contribution in [0.4, 0.5) is 0 Å². The molecular formula is C29H42O. The van der Waals surface area contributed by atoms with Gasteiger partial charge < -0.3 is 5.11 Å². The van der Waals surface area contributed by atoms with Gasteiger partial charge in [0.25, 0.3) is 0 Å². The summed E-state index contributed by atoms with van der Waals surface area (Å²) in [7, 11) is 0. The lowest BCUT2D eigenvalue weighted by Gasteiger charge is -2.06. The number of aromatic hydroxyl groups is 1.